The van der Waals surface area contributed by atoms with Crippen molar-refractivity contribution in [1.82, 2.24) is 14.9 Å². The number of aliphatic hydroxyl groups excluding tert-OH is 1. The largest absolute Gasteiger partial charge is 0.389 e. The number of piperidine rings is 1. The second kappa shape index (κ2) is 6.68. The van der Waals surface area contributed by atoms with Crippen molar-refractivity contribution in [2.24, 2.45) is 5.92 Å². The van der Waals surface area contributed by atoms with Crippen LogP contribution < -0.4 is 5.32 Å². The van der Waals surface area contributed by atoms with E-state index < -0.39 is 0 Å². The van der Waals surface area contributed by atoms with Crippen molar-refractivity contribution in [2.75, 3.05) is 38.7 Å². The molecule has 0 bridgehead atoms. The third-order valence-electron chi connectivity index (χ3n) is 4.62. The Labute approximate surface area is 125 Å². The van der Waals surface area contributed by atoms with Gasteiger partial charge in [0.25, 0.3) is 0 Å². The van der Waals surface area contributed by atoms with Crippen molar-refractivity contribution in [2.45, 2.75) is 31.4 Å². The highest BCUT2D eigenvalue weighted by molar-refractivity contribution is 5.33. The van der Waals surface area contributed by atoms with Gasteiger partial charge in [-0.05, 0) is 38.3 Å². The van der Waals surface area contributed by atoms with E-state index in [0.717, 1.165) is 43.9 Å². The summed E-state index contributed by atoms with van der Waals surface area (Å²) >= 11 is 0. The van der Waals surface area contributed by atoms with Gasteiger partial charge < -0.3 is 15.2 Å². The first-order chi connectivity index (χ1) is 10.3. The quantitative estimate of drug-likeness (QED) is 0.844. The van der Waals surface area contributed by atoms with E-state index in [2.05, 4.69) is 20.2 Å². The van der Waals surface area contributed by atoms with E-state index in [9.17, 15) is 5.11 Å². The van der Waals surface area contributed by atoms with E-state index in [0.29, 0.717) is 19.1 Å². The Kier molecular flexibility index (Phi) is 4.67. The highest BCUT2D eigenvalue weighted by atomic mass is 16.5. The van der Waals surface area contributed by atoms with Crippen molar-refractivity contribution in [3.8, 4) is 0 Å². The highest BCUT2D eigenvalue weighted by Gasteiger charge is 2.33. The molecule has 2 fully saturated rings. The van der Waals surface area contributed by atoms with Gasteiger partial charge in [0, 0.05) is 18.8 Å². The molecule has 2 aliphatic rings. The van der Waals surface area contributed by atoms with E-state index >= 15 is 0 Å². The molecular formula is C15H24N4O2. The lowest BCUT2D eigenvalue weighted by Crippen LogP contribution is -2.47. The van der Waals surface area contributed by atoms with Crippen LogP contribution in [0.4, 0.5) is 5.82 Å². The maximum absolute atomic E-state index is 9.91. The molecule has 2 N–H and O–H groups in total. The maximum Gasteiger partial charge on any atom is 0.129 e. The summed E-state index contributed by atoms with van der Waals surface area (Å²) in [6.45, 7) is 3.24. The highest BCUT2D eigenvalue weighted by Crippen LogP contribution is 2.25. The second-order valence-electron chi connectivity index (χ2n) is 6.00. The van der Waals surface area contributed by atoms with Crippen molar-refractivity contribution < 1.29 is 9.84 Å². The molecule has 2 saturated heterocycles. The predicted octanol–water partition coefficient (Wildman–Crippen LogP) is 0.532. The molecular weight excluding hydrogens is 268 g/mol. The molecule has 2 unspecified atom stereocenters. The minimum Gasteiger partial charge on any atom is -0.389 e. The van der Waals surface area contributed by atoms with Crippen LogP contribution in [0.5, 0.6) is 0 Å². The van der Waals surface area contributed by atoms with Crippen LogP contribution in [0.3, 0.4) is 0 Å². The molecule has 116 valence electrons. The number of likely N-dealkylation sites (tertiary alicyclic amines) is 1. The summed E-state index contributed by atoms with van der Waals surface area (Å²) in [6, 6.07) is 2.22. The van der Waals surface area contributed by atoms with E-state index in [4.69, 9.17) is 4.74 Å². The van der Waals surface area contributed by atoms with Gasteiger partial charge in [0.2, 0.25) is 0 Å². The first-order valence-corrected chi connectivity index (χ1v) is 7.75. The normalized spacial score (nSPS) is 27.9. The van der Waals surface area contributed by atoms with Crippen LogP contribution in [0.25, 0.3) is 0 Å². The standard InChI is InChI=1S/C15H24N4O2/c1-16-15-7-12(17-10-18-15)6-11-2-4-19(5-3-11)13-8-21-9-14(13)20/h7,10-11,13-14,20H,2-6,8-9H2,1H3,(H,16,17,18). The molecule has 3 rings (SSSR count). The molecule has 1 aromatic rings. The summed E-state index contributed by atoms with van der Waals surface area (Å²) < 4.78 is 5.36. The molecule has 0 aromatic carbocycles. The smallest absolute Gasteiger partial charge is 0.129 e. The summed E-state index contributed by atoms with van der Waals surface area (Å²) in [5.41, 5.74) is 1.11. The summed E-state index contributed by atoms with van der Waals surface area (Å²) in [6.07, 6.45) is 4.63. The predicted molar refractivity (Wildman–Crippen MR) is 80.2 cm³/mol. The fourth-order valence-electron chi connectivity index (χ4n) is 3.31. The number of nitrogens with one attached hydrogen (secondary N) is 1. The Morgan fingerprint density at radius 3 is 2.81 bits per heavy atom. The van der Waals surface area contributed by atoms with Gasteiger partial charge in [0.1, 0.15) is 12.1 Å². The summed E-state index contributed by atoms with van der Waals surface area (Å²) in [7, 11) is 1.87. The molecule has 0 amide bonds. The molecule has 6 nitrogen and oxygen atoms in total. The van der Waals surface area contributed by atoms with Crippen LogP contribution in [0.1, 0.15) is 18.5 Å². The van der Waals surface area contributed by atoms with Crippen LogP contribution in [-0.2, 0) is 11.2 Å². The monoisotopic (exact) mass is 292 g/mol. The zero-order valence-electron chi connectivity index (χ0n) is 12.5. The van der Waals surface area contributed by atoms with E-state index in [1.165, 1.54) is 0 Å². The summed E-state index contributed by atoms with van der Waals surface area (Å²) in [4.78, 5) is 10.9. The fraction of sp³-hybridized carbons (Fsp3) is 0.733. The van der Waals surface area contributed by atoms with E-state index in [-0.39, 0.29) is 12.1 Å². The molecule has 3 heterocycles. The van der Waals surface area contributed by atoms with Gasteiger partial charge >= 0.3 is 0 Å². The van der Waals surface area contributed by atoms with Gasteiger partial charge in [-0.15, -0.1) is 0 Å². The van der Waals surface area contributed by atoms with Crippen molar-refractivity contribution in [1.29, 1.82) is 0 Å². The average Bonchev–Trinajstić information content (AvgIpc) is 2.94. The van der Waals surface area contributed by atoms with Crippen molar-refractivity contribution >= 4 is 5.82 Å². The molecule has 2 atom stereocenters. The van der Waals surface area contributed by atoms with Crippen molar-refractivity contribution in [3.05, 3.63) is 18.1 Å². The van der Waals surface area contributed by atoms with Crippen LogP contribution in [0.15, 0.2) is 12.4 Å². The Balaban J connectivity index is 1.51. The maximum atomic E-state index is 9.91. The van der Waals surface area contributed by atoms with Gasteiger partial charge in [-0.3, -0.25) is 4.90 Å². The van der Waals surface area contributed by atoms with Gasteiger partial charge in [-0.25, -0.2) is 9.97 Å². The molecule has 0 saturated carbocycles. The Hall–Kier alpha value is -1.24. The third-order valence-corrected chi connectivity index (χ3v) is 4.62. The Morgan fingerprint density at radius 1 is 1.33 bits per heavy atom. The Bertz CT molecular complexity index is 463. The minimum atomic E-state index is -0.318. The number of rotatable bonds is 4. The molecule has 2 aliphatic heterocycles. The summed E-state index contributed by atoms with van der Waals surface area (Å²) in [5, 5.41) is 13.0. The van der Waals surface area contributed by atoms with Crippen LogP contribution >= 0.6 is 0 Å². The summed E-state index contributed by atoms with van der Waals surface area (Å²) in [5.74, 6) is 1.55. The van der Waals surface area contributed by atoms with E-state index in [1.807, 2.05) is 13.1 Å². The van der Waals surface area contributed by atoms with Crippen molar-refractivity contribution in [3.63, 3.8) is 0 Å². The number of anilines is 1. The lowest BCUT2D eigenvalue weighted by molar-refractivity contribution is 0.0586. The van der Waals surface area contributed by atoms with Gasteiger partial charge in [-0.2, -0.15) is 0 Å². The fourth-order valence-corrected chi connectivity index (χ4v) is 3.31. The van der Waals surface area contributed by atoms with Crippen LogP contribution in [-0.4, -0.2) is 65.5 Å². The topological polar surface area (TPSA) is 70.5 Å². The Morgan fingerprint density at radius 2 is 2.14 bits per heavy atom. The number of hydrogen-bond acceptors (Lipinski definition) is 6. The number of aromatic nitrogens is 2. The second-order valence-corrected chi connectivity index (χ2v) is 6.00. The molecule has 6 heteroatoms. The molecule has 0 aliphatic carbocycles. The van der Waals surface area contributed by atoms with Crippen LogP contribution in [0, 0.1) is 5.92 Å². The zero-order chi connectivity index (χ0) is 14.7. The molecule has 21 heavy (non-hydrogen) atoms. The minimum absolute atomic E-state index is 0.195. The number of hydrogen-bond donors (Lipinski definition) is 2. The average molecular weight is 292 g/mol. The molecule has 0 radical (unpaired) electrons. The zero-order valence-corrected chi connectivity index (χ0v) is 12.5. The van der Waals surface area contributed by atoms with Gasteiger partial charge in [0.05, 0.1) is 25.4 Å². The SMILES string of the molecule is CNc1cc(CC2CCN(C3COCC3O)CC2)ncn1. The number of nitrogens with zero attached hydrogens (tertiary/aromatic N) is 3. The molecule has 1 aromatic heterocycles. The number of ether oxygens (including phenoxy) is 1. The number of aliphatic hydroxyl groups is 1. The van der Waals surface area contributed by atoms with Gasteiger partial charge in [0.15, 0.2) is 0 Å². The lowest BCUT2D eigenvalue weighted by Gasteiger charge is -2.36. The van der Waals surface area contributed by atoms with Gasteiger partial charge in [-0.1, -0.05) is 0 Å². The third kappa shape index (κ3) is 3.51. The first-order valence-electron chi connectivity index (χ1n) is 7.75. The van der Waals surface area contributed by atoms with E-state index in [1.54, 1.807) is 6.33 Å². The first kappa shape index (κ1) is 14.7. The molecule has 0 spiro atoms. The lowest BCUT2D eigenvalue weighted by atomic mass is 9.91. The van der Waals surface area contributed by atoms with Crippen LogP contribution in [0.2, 0.25) is 0 Å².